The molecule has 0 aliphatic heterocycles. The molecule has 4 nitrogen and oxygen atoms in total. The third-order valence-corrected chi connectivity index (χ3v) is 3.28. The van der Waals surface area contributed by atoms with Gasteiger partial charge in [-0.05, 0) is 18.6 Å². The van der Waals surface area contributed by atoms with Gasteiger partial charge in [-0.3, -0.25) is 4.79 Å². The Morgan fingerprint density at radius 1 is 1.47 bits per heavy atom. The molecule has 15 heavy (non-hydrogen) atoms. The molecule has 0 amide bonds. The molecule has 78 valence electrons. The van der Waals surface area contributed by atoms with E-state index < -0.39 is 0 Å². The average Bonchev–Trinajstić information content (AvgIpc) is 2.87. The molecule has 0 atom stereocenters. The van der Waals surface area contributed by atoms with Crippen molar-refractivity contribution in [2.75, 3.05) is 0 Å². The summed E-state index contributed by atoms with van der Waals surface area (Å²) in [5.41, 5.74) is 0.377. The second-order valence-electron chi connectivity index (χ2n) is 3.18. The number of thiophene rings is 1. The predicted octanol–water partition coefficient (Wildman–Crippen LogP) is 1.76. The van der Waals surface area contributed by atoms with E-state index in [9.17, 15) is 4.79 Å². The van der Waals surface area contributed by atoms with Crippen molar-refractivity contribution >= 4 is 17.6 Å². The lowest BCUT2D eigenvalue weighted by atomic mass is 10.4. The number of carbonyl (C=O) groups excluding carboxylic acids is 1. The molecule has 0 aromatic carbocycles. The van der Waals surface area contributed by atoms with Crippen molar-refractivity contribution in [3.8, 4) is 0 Å². The standard InChI is InChI=1S/C10H11N3OS/c1-2-9-3-4-10(15-9)6-13-5-8(7-14)11-12-13/h3-5,7H,2,6H2,1H3. The number of aldehydes is 1. The van der Waals surface area contributed by atoms with Crippen molar-refractivity contribution in [3.63, 3.8) is 0 Å². The molecule has 0 aliphatic rings. The second kappa shape index (κ2) is 4.35. The Morgan fingerprint density at radius 3 is 2.87 bits per heavy atom. The van der Waals surface area contributed by atoms with Crippen molar-refractivity contribution in [1.29, 1.82) is 0 Å². The van der Waals surface area contributed by atoms with Crippen molar-refractivity contribution < 1.29 is 4.79 Å². The van der Waals surface area contributed by atoms with Crippen LogP contribution >= 0.6 is 11.3 Å². The van der Waals surface area contributed by atoms with Crippen LogP contribution in [0.3, 0.4) is 0 Å². The Balaban J connectivity index is 2.10. The summed E-state index contributed by atoms with van der Waals surface area (Å²) in [6.07, 6.45) is 3.41. The monoisotopic (exact) mass is 221 g/mol. The molecule has 5 heteroatoms. The fourth-order valence-electron chi connectivity index (χ4n) is 1.30. The third kappa shape index (κ3) is 2.30. The lowest BCUT2D eigenvalue weighted by molar-refractivity contribution is 0.111. The van der Waals surface area contributed by atoms with Crippen LogP contribution in [-0.2, 0) is 13.0 Å². The summed E-state index contributed by atoms with van der Waals surface area (Å²) < 4.78 is 1.68. The van der Waals surface area contributed by atoms with E-state index in [4.69, 9.17) is 0 Å². The van der Waals surface area contributed by atoms with E-state index in [0.717, 1.165) is 6.42 Å². The van der Waals surface area contributed by atoms with Gasteiger partial charge in [-0.2, -0.15) is 0 Å². The van der Waals surface area contributed by atoms with Gasteiger partial charge in [0, 0.05) is 9.75 Å². The largest absolute Gasteiger partial charge is 0.296 e. The van der Waals surface area contributed by atoms with Crippen LogP contribution in [0.4, 0.5) is 0 Å². The van der Waals surface area contributed by atoms with Crippen LogP contribution in [-0.4, -0.2) is 21.3 Å². The predicted molar refractivity (Wildman–Crippen MR) is 58.2 cm³/mol. The first-order valence-corrected chi connectivity index (χ1v) is 5.56. The maximum atomic E-state index is 10.4. The average molecular weight is 221 g/mol. The highest BCUT2D eigenvalue weighted by atomic mass is 32.1. The molecule has 0 radical (unpaired) electrons. The maximum Gasteiger partial charge on any atom is 0.171 e. The van der Waals surface area contributed by atoms with E-state index in [-0.39, 0.29) is 0 Å². The van der Waals surface area contributed by atoms with Crippen LogP contribution in [0.15, 0.2) is 18.3 Å². The molecule has 0 aliphatic carbocycles. The second-order valence-corrected chi connectivity index (χ2v) is 4.43. The molecule has 2 aromatic rings. The quantitative estimate of drug-likeness (QED) is 0.739. The van der Waals surface area contributed by atoms with Gasteiger partial charge in [0.15, 0.2) is 6.29 Å². The molecule has 0 saturated carbocycles. The van der Waals surface area contributed by atoms with Crippen molar-refractivity contribution in [1.82, 2.24) is 15.0 Å². The molecule has 0 unspecified atom stereocenters. The topological polar surface area (TPSA) is 47.8 Å². The van der Waals surface area contributed by atoms with Crippen molar-refractivity contribution in [2.24, 2.45) is 0 Å². The Bertz CT molecular complexity index is 461. The number of carbonyl (C=O) groups is 1. The molecule has 2 rings (SSSR count). The highest BCUT2D eigenvalue weighted by Crippen LogP contribution is 2.17. The summed E-state index contributed by atoms with van der Waals surface area (Å²) in [6, 6.07) is 4.21. The molecular weight excluding hydrogens is 210 g/mol. The van der Waals surface area contributed by atoms with E-state index in [2.05, 4.69) is 29.4 Å². The lowest BCUT2D eigenvalue weighted by Crippen LogP contribution is -1.98. The van der Waals surface area contributed by atoms with Gasteiger partial charge in [0.25, 0.3) is 0 Å². The fraction of sp³-hybridized carbons (Fsp3) is 0.300. The van der Waals surface area contributed by atoms with Gasteiger partial charge >= 0.3 is 0 Å². The fourth-order valence-corrected chi connectivity index (χ4v) is 2.25. The minimum Gasteiger partial charge on any atom is -0.296 e. The van der Waals surface area contributed by atoms with E-state index >= 15 is 0 Å². The van der Waals surface area contributed by atoms with E-state index in [1.54, 1.807) is 22.2 Å². The van der Waals surface area contributed by atoms with Crippen LogP contribution in [0.1, 0.15) is 27.2 Å². The molecular formula is C10H11N3OS. The SMILES string of the molecule is CCc1ccc(Cn2cc(C=O)nn2)s1. The van der Waals surface area contributed by atoms with E-state index in [1.165, 1.54) is 9.75 Å². The number of aryl methyl sites for hydroxylation is 1. The smallest absolute Gasteiger partial charge is 0.171 e. The van der Waals surface area contributed by atoms with Gasteiger partial charge in [-0.25, -0.2) is 4.68 Å². The summed E-state index contributed by atoms with van der Waals surface area (Å²) in [5, 5.41) is 7.57. The first-order chi connectivity index (χ1) is 7.31. The number of rotatable bonds is 4. The molecule has 0 bridgehead atoms. The minimum atomic E-state index is 0.377. The Morgan fingerprint density at radius 2 is 2.27 bits per heavy atom. The van der Waals surface area contributed by atoms with Gasteiger partial charge in [-0.15, -0.1) is 16.4 Å². The van der Waals surface area contributed by atoms with Crippen molar-refractivity contribution in [3.05, 3.63) is 33.8 Å². The Kier molecular flexibility index (Phi) is 2.91. The summed E-state index contributed by atoms with van der Waals surface area (Å²) in [4.78, 5) is 13.0. The molecule has 2 heterocycles. The zero-order chi connectivity index (χ0) is 10.7. The molecule has 0 N–H and O–H groups in total. The maximum absolute atomic E-state index is 10.4. The molecule has 0 fully saturated rings. The zero-order valence-corrected chi connectivity index (χ0v) is 9.20. The number of aromatic nitrogens is 3. The highest BCUT2D eigenvalue weighted by molar-refractivity contribution is 7.11. The van der Waals surface area contributed by atoms with Crippen LogP contribution in [0, 0.1) is 0 Å². The van der Waals surface area contributed by atoms with Gasteiger partial charge in [0.2, 0.25) is 0 Å². The van der Waals surface area contributed by atoms with Gasteiger partial charge in [-0.1, -0.05) is 12.1 Å². The summed E-state index contributed by atoms with van der Waals surface area (Å²) in [5.74, 6) is 0. The normalized spacial score (nSPS) is 10.5. The highest BCUT2D eigenvalue weighted by Gasteiger charge is 2.02. The summed E-state index contributed by atoms with van der Waals surface area (Å²) >= 11 is 1.77. The third-order valence-electron chi connectivity index (χ3n) is 2.06. The molecule has 0 spiro atoms. The van der Waals surface area contributed by atoms with E-state index in [1.807, 2.05) is 0 Å². The lowest BCUT2D eigenvalue weighted by Gasteiger charge is -1.95. The van der Waals surface area contributed by atoms with Crippen LogP contribution in [0.5, 0.6) is 0 Å². The van der Waals surface area contributed by atoms with Crippen LogP contribution in [0.2, 0.25) is 0 Å². The minimum absolute atomic E-state index is 0.377. The van der Waals surface area contributed by atoms with E-state index in [0.29, 0.717) is 18.5 Å². The Labute approximate surface area is 91.5 Å². The van der Waals surface area contributed by atoms with Crippen molar-refractivity contribution in [2.45, 2.75) is 19.9 Å². The summed E-state index contributed by atoms with van der Waals surface area (Å²) in [7, 11) is 0. The number of nitrogens with zero attached hydrogens (tertiary/aromatic N) is 3. The first kappa shape index (κ1) is 10.0. The van der Waals surface area contributed by atoms with Gasteiger partial charge in [0.1, 0.15) is 5.69 Å². The zero-order valence-electron chi connectivity index (χ0n) is 8.38. The number of hydrogen-bond donors (Lipinski definition) is 0. The Hall–Kier alpha value is -1.49. The molecule has 2 aromatic heterocycles. The molecule has 0 saturated heterocycles. The first-order valence-electron chi connectivity index (χ1n) is 4.74. The van der Waals surface area contributed by atoms with Gasteiger partial charge < -0.3 is 0 Å². The van der Waals surface area contributed by atoms with Gasteiger partial charge in [0.05, 0.1) is 12.7 Å². The van der Waals surface area contributed by atoms with Crippen LogP contribution in [0.25, 0.3) is 0 Å². The van der Waals surface area contributed by atoms with Crippen LogP contribution < -0.4 is 0 Å². The summed E-state index contributed by atoms with van der Waals surface area (Å²) in [6.45, 7) is 2.82. The number of hydrogen-bond acceptors (Lipinski definition) is 4.